The summed E-state index contributed by atoms with van der Waals surface area (Å²) in [6, 6.07) is 17.6. The van der Waals surface area contributed by atoms with E-state index in [2.05, 4.69) is 5.10 Å². The number of aliphatic imine (C=N–C) groups is 1. The molecule has 2 N–H and O–H groups in total. The first-order chi connectivity index (χ1) is 12.6. The first-order valence-corrected chi connectivity index (χ1v) is 8.99. The maximum absolute atomic E-state index is 12.9. The van der Waals surface area contributed by atoms with Gasteiger partial charge in [-0.1, -0.05) is 54.6 Å². The summed E-state index contributed by atoms with van der Waals surface area (Å²) in [7, 11) is 3.68. The zero-order chi connectivity index (χ0) is 18.5. The fourth-order valence-corrected chi connectivity index (χ4v) is 3.41. The van der Waals surface area contributed by atoms with Gasteiger partial charge in [-0.2, -0.15) is 5.10 Å². The van der Waals surface area contributed by atoms with Crippen molar-refractivity contribution in [1.29, 1.82) is 0 Å². The SMILES string of the molecule is CN(C)C(=NN)SC1=CC(=NCc2ccccc2)c2ccccc2C1=O. The summed E-state index contributed by atoms with van der Waals surface area (Å²) in [5, 5.41) is 4.32. The first-order valence-electron chi connectivity index (χ1n) is 8.17. The van der Waals surface area contributed by atoms with Crippen molar-refractivity contribution < 1.29 is 4.79 Å². The van der Waals surface area contributed by atoms with Crippen molar-refractivity contribution in [3.05, 3.63) is 82.3 Å². The van der Waals surface area contributed by atoms with Gasteiger partial charge in [-0.3, -0.25) is 9.79 Å². The van der Waals surface area contributed by atoms with Crippen molar-refractivity contribution in [1.82, 2.24) is 4.90 Å². The molecule has 2 aromatic rings. The lowest BCUT2D eigenvalue weighted by Crippen LogP contribution is -2.23. The third-order valence-corrected chi connectivity index (χ3v) is 5.08. The van der Waals surface area contributed by atoms with Gasteiger partial charge in [0.05, 0.1) is 17.2 Å². The Hall–Kier alpha value is -2.86. The van der Waals surface area contributed by atoms with Crippen LogP contribution in [0.15, 0.2) is 75.7 Å². The number of Topliss-reactive ketones (excluding diaryl/α,β-unsaturated/α-hetero) is 1. The molecular formula is C20H20N4OS. The molecule has 1 aliphatic rings. The summed E-state index contributed by atoms with van der Waals surface area (Å²) in [6.45, 7) is 0.554. The second-order valence-electron chi connectivity index (χ2n) is 5.98. The zero-order valence-electron chi connectivity index (χ0n) is 14.7. The lowest BCUT2D eigenvalue weighted by atomic mass is 9.94. The molecule has 0 heterocycles. The van der Waals surface area contributed by atoms with E-state index < -0.39 is 0 Å². The molecule has 0 aliphatic heterocycles. The van der Waals surface area contributed by atoms with Crippen LogP contribution in [0.2, 0.25) is 0 Å². The number of thioether (sulfide) groups is 1. The quantitative estimate of drug-likeness (QED) is 0.393. The van der Waals surface area contributed by atoms with Crippen molar-refractivity contribution >= 4 is 28.4 Å². The van der Waals surface area contributed by atoms with Crippen LogP contribution in [0.1, 0.15) is 21.5 Å². The van der Waals surface area contributed by atoms with Gasteiger partial charge < -0.3 is 10.7 Å². The largest absolute Gasteiger partial charge is 0.356 e. The molecule has 0 amide bonds. The smallest absolute Gasteiger partial charge is 0.200 e. The summed E-state index contributed by atoms with van der Waals surface area (Å²) in [4.78, 5) is 19.9. The Morgan fingerprint density at radius 2 is 1.69 bits per heavy atom. The van der Waals surface area contributed by atoms with Crippen LogP contribution >= 0.6 is 11.8 Å². The summed E-state index contributed by atoms with van der Waals surface area (Å²) in [5.41, 5.74) is 3.42. The van der Waals surface area contributed by atoms with Crippen molar-refractivity contribution in [2.75, 3.05) is 14.1 Å². The molecule has 0 radical (unpaired) electrons. The monoisotopic (exact) mass is 364 g/mol. The van der Waals surface area contributed by atoms with E-state index in [-0.39, 0.29) is 5.78 Å². The van der Waals surface area contributed by atoms with Gasteiger partial charge >= 0.3 is 0 Å². The van der Waals surface area contributed by atoms with Crippen molar-refractivity contribution in [3.8, 4) is 0 Å². The van der Waals surface area contributed by atoms with E-state index in [1.807, 2.05) is 74.8 Å². The molecule has 26 heavy (non-hydrogen) atoms. The van der Waals surface area contributed by atoms with Crippen LogP contribution in [-0.4, -0.2) is 35.7 Å². The normalized spacial score (nSPS) is 15.6. The lowest BCUT2D eigenvalue weighted by molar-refractivity contribution is 0.104. The molecule has 0 atom stereocenters. The number of nitrogens with zero attached hydrogens (tertiary/aromatic N) is 3. The molecule has 0 aromatic heterocycles. The standard InChI is InChI=1S/C20H20N4OS/c1-24(2)20(23-21)26-18-12-17(22-13-14-8-4-3-5-9-14)15-10-6-7-11-16(15)19(18)25/h3-12H,13,21H2,1-2H3. The number of carbonyl (C=O) groups is 1. The maximum atomic E-state index is 12.9. The Balaban J connectivity index is 1.98. The van der Waals surface area contributed by atoms with E-state index in [0.29, 0.717) is 22.2 Å². The van der Waals surface area contributed by atoms with Gasteiger partial charge in [-0.05, 0) is 23.4 Å². The average molecular weight is 364 g/mol. The second kappa shape index (κ2) is 8.01. The molecule has 0 bridgehead atoms. The number of hydrazone groups is 1. The minimum atomic E-state index is -0.0349. The van der Waals surface area contributed by atoms with Crippen molar-refractivity contribution in [2.45, 2.75) is 6.54 Å². The lowest BCUT2D eigenvalue weighted by Gasteiger charge is -2.19. The summed E-state index contributed by atoms with van der Waals surface area (Å²) in [5.74, 6) is 5.42. The highest BCUT2D eigenvalue weighted by Gasteiger charge is 2.26. The molecule has 6 heteroatoms. The number of rotatable bonds is 3. The third kappa shape index (κ3) is 3.86. The van der Waals surface area contributed by atoms with Gasteiger partial charge in [0, 0.05) is 25.2 Å². The molecule has 1 aliphatic carbocycles. The number of fused-ring (bicyclic) bond motifs is 1. The van der Waals surface area contributed by atoms with Crippen LogP contribution in [0.5, 0.6) is 0 Å². The van der Waals surface area contributed by atoms with E-state index >= 15 is 0 Å². The minimum Gasteiger partial charge on any atom is -0.356 e. The van der Waals surface area contributed by atoms with Crippen molar-refractivity contribution in [2.24, 2.45) is 15.9 Å². The van der Waals surface area contributed by atoms with Crippen LogP contribution in [0, 0.1) is 0 Å². The van der Waals surface area contributed by atoms with Crippen LogP contribution in [0.3, 0.4) is 0 Å². The van der Waals surface area contributed by atoms with E-state index in [9.17, 15) is 4.79 Å². The number of allylic oxidation sites excluding steroid dienone is 2. The summed E-state index contributed by atoms with van der Waals surface area (Å²) >= 11 is 1.25. The first kappa shape index (κ1) is 17.9. The predicted molar refractivity (Wildman–Crippen MR) is 108 cm³/mol. The molecule has 0 saturated carbocycles. The van der Waals surface area contributed by atoms with Crippen LogP contribution < -0.4 is 5.84 Å². The molecule has 2 aromatic carbocycles. The van der Waals surface area contributed by atoms with Crippen LogP contribution in [0.25, 0.3) is 0 Å². The number of amidine groups is 1. The van der Waals surface area contributed by atoms with E-state index in [0.717, 1.165) is 16.8 Å². The summed E-state index contributed by atoms with van der Waals surface area (Å²) < 4.78 is 0. The third-order valence-electron chi connectivity index (χ3n) is 3.91. The number of carbonyl (C=O) groups excluding carboxylic acids is 1. The second-order valence-corrected chi connectivity index (χ2v) is 6.99. The fourth-order valence-electron chi connectivity index (χ4n) is 2.60. The molecule has 0 saturated heterocycles. The highest BCUT2D eigenvalue weighted by Crippen LogP contribution is 2.30. The Labute approximate surface area is 157 Å². The van der Waals surface area contributed by atoms with Crippen LogP contribution in [0.4, 0.5) is 0 Å². The van der Waals surface area contributed by atoms with Gasteiger partial charge in [0.15, 0.2) is 5.17 Å². The fraction of sp³-hybridized carbons (Fsp3) is 0.150. The molecule has 0 spiro atoms. The highest BCUT2D eigenvalue weighted by atomic mass is 32.2. The molecule has 0 unspecified atom stereocenters. The van der Waals surface area contributed by atoms with Gasteiger partial charge in [0.2, 0.25) is 5.78 Å². The van der Waals surface area contributed by atoms with Gasteiger partial charge in [-0.15, -0.1) is 0 Å². The Bertz CT molecular complexity index is 901. The number of benzene rings is 2. The van der Waals surface area contributed by atoms with E-state index in [4.69, 9.17) is 10.8 Å². The number of nitrogens with two attached hydrogens (primary N) is 1. The molecule has 3 rings (SSSR count). The predicted octanol–water partition coefficient (Wildman–Crippen LogP) is 3.28. The molecule has 5 nitrogen and oxygen atoms in total. The van der Waals surface area contributed by atoms with Crippen LogP contribution in [-0.2, 0) is 6.54 Å². The number of hydrogen-bond donors (Lipinski definition) is 1. The van der Waals surface area contributed by atoms with Gasteiger partial charge in [0.1, 0.15) is 0 Å². The maximum Gasteiger partial charge on any atom is 0.200 e. The van der Waals surface area contributed by atoms with E-state index in [1.165, 1.54) is 11.8 Å². The topological polar surface area (TPSA) is 71.0 Å². The average Bonchev–Trinajstić information content (AvgIpc) is 2.67. The molecule has 0 fully saturated rings. The van der Waals surface area contributed by atoms with Crippen molar-refractivity contribution in [3.63, 3.8) is 0 Å². The Morgan fingerprint density at radius 3 is 2.35 bits per heavy atom. The number of hydrogen-bond acceptors (Lipinski definition) is 5. The Kier molecular flexibility index (Phi) is 5.53. The van der Waals surface area contributed by atoms with E-state index in [1.54, 1.807) is 4.90 Å². The van der Waals surface area contributed by atoms with Gasteiger partial charge in [0.25, 0.3) is 0 Å². The highest BCUT2D eigenvalue weighted by molar-refractivity contribution is 8.17. The molecular weight excluding hydrogens is 344 g/mol. The summed E-state index contributed by atoms with van der Waals surface area (Å²) in [6.07, 6.45) is 1.83. The minimum absolute atomic E-state index is 0.0349. The Morgan fingerprint density at radius 1 is 1.04 bits per heavy atom. The number of ketones is 1. The zero-order valence-corrected chi connectivity index (χ0v) is 15.5. The van der Waals surface area contributed by atoms with Gasteiger partial charge in [-0.25, -0.2) is 0 Å². The molecule has 132 valence electrons.